The van der Waals surface area contributed by atoms with Crippen LogP contribution in [0, 0.1) is 20.8 Å². The Morgan fingerprint density at radius 1 is 0.938 bits per heavy atom. The Hall–Kier alpha value is -3.37. The van der Waals surface area contributed by atoms with E-state index in [1.807, 2.05) is 32.9 Å². The van der Waals surface area contributed by atoms with Crippen LogP contribution in [0.25, 0.3) is 10.9 Å². The van der Waals surface area contributed by atoms with Gasteiger partial charge in [0, 0.05) is 35.2 Å². The van der Waals surface area contributed by atoms with Crippen molar-refractivity contribution in [3.63, 3.8) is 0 Å². The van der Waals surface area contributed by atoms with Gasteiger partial charge >= 0.3 is 0 Å². The van der Waals surface area contributed by atoms with Crippen molar-refractivity contribution in [2.75, 3.05) is 11.9 Å². The summed E-state index contributed by atoms with van der Waals surface area (Å²) in [7, 11) is 0. The molecule has 4 rings (SSSR count). The molecule has 0 saturated carbocycles. The number of para-hydroxylation sites is 1. The molecular weight excluding hydrogens is 394 g/mol. The molecule has 3 N–H and O–H groups in total. The molecule has 0 aliphatic rings. The number of hydrogen-bond donors (Lipinski definition) is 3. The second-order valence-corrected chi connectivity index (χ2v) is 8.65. The van der Waals surface area contributed by atoms with E-state index in [0.717, 1.165) is 22.3 Å². The molecule has 0 unspecified atom stereocenters. The highest BCUT2D eigenvalue weighted by Gasteiger charge is 2.21. The number of nitrogens with one attached hydrogen (secondary N) is 3. The summed E-state index contributed by atoms with van der Waals surface area (Å²) in [5.41, 5.74) is 7.87. The Balaban J connectivity index is 1.53. The molecule has 1 aromatic heterocycles. The van der Waals surface area contributed by atoms with Gasteiger partial charge in [0.25, 0.3) is 0 Å². The van der Waals surface area contributed by atoms with Gasteiger partial charge in [-0.25, -0.2) is 0 Å². The van der Waals surface area contributed by atoms with E-state index in [-0.39, 0.29) is 17.9 Å². The Morgan fingerprint density at radius 2 is 1.59 bits per heavy atom. The smallest absolute Gasteiger partial charge is 0.241 e. The van der Waals surface area contributed by atoms with Crippen LogP contribution >= 0.6 is 0 Å². The number of anilines is 1. The zero-order valence-corrected chi connectivity index (χ0v) is 19.2. The summed E-state index contributed by atoms with van der Waals surface area (Å²) < 4.78 is 0. The molecule has 4 nitrogen and oxygen atoms in total. The van der Waals surface area contributed by atoms with Gasteiger partial charge in [0.05, 0.1) is 6.04 Å². The van der Waals surface area contributed by atoms with E-state index in [1.54, 1.807) is 0 Å². The maximum atomic E-state index is 13.0. The van der Waals surface area contributed by atoms with Crippen molar-refractivity contribution >= 4 is 22.5 Å². The lowest BCUT2D eigenvalue weighted by Crippen LogP contribution is -2.40. The minimum absolute atomic E-state index is 0.0224. The lowest BCUT2D eigenvalue weighted by atomic mass is 9.90. The molecule has 32 heavy (non-hydrogen) atoms. The number of aryl methyl sites for hydroxylation is 3. The molecule has 1 amide bonds. The van der Waals surface area contributed by atoms with Crippen LogP contribution in [-0.2, 0) is 4.79 Å². The molecule has 3 aromatic carbocycles. The van der Waals surface area contributed by atoms with Crippen LogP contribution in [0.5, 0.6) is 0 Å². The van der Waals surface area contributed by atoms with E-state index in [0.29, 0.717) is 6.54 Å². The third-order valence-corrected chi connectivity index (χ3v) is 6.15. The average molecular weight is 426 g/mol. The van der Waals surface area contributed by atoms with Crippen molar-refractivity contribution in [2.24, 2.45) is 0 Å². The summed E-state index contributed by atoms with van der Waals surface area (Å²) in [4.78, 5) is 16.4. The lowest BCUT2D eigenvalue weighted by molar-refractivity contribution is -0.117. The number of rotatable bonds is 7. The average Bonchev–Trinajstić information content (AvgIpc) is 3.21. The highest BCUT2D eigenvalue weighted by molar-refractivity contribution is 5.96. The molecule has 4 heteroatoms. The SMILES string of the molecule is Cc1cc(C)c(NC(=O)[C@@H](C)NC[C@@H](c2ccccc2)c2c[nH]c3ccccc23)c(C)c1. The topological polar surface area (TPSA) is 56.9 Å². The summed E-state index contributed by atoms with van der Waals surface area (Å²) in [6.45, 7) is 8.73. The maximum absolute atomic E-state index is 13.0. The molecule has 0 spiro atoms. The van der Waals surface area contributed by atoms with Crippen LogP contribution in [0.15, 0.2) is 72.9 Å². The van der Waals surface area contributed by atoms with Gasteiger partial charge in [0.15, 0.2) is 0 Å². The number of amides is 1. The van der Waals surface area contributed by atoms with E-state index >= 15 is 0 Å². The van der Waals surface area contributed by atoms with E-state index in [9.17, 15) is 4.79 Å². The van der Waals surface area contributed by atoms with Crippen molar-refractivity contribution in [2.45, 2.75) is 39.7 Å². The van der Waals surface area contributed by atoms with Gasteiger partial charge in [-0.1, -0.05) is 66.2 Å². The maximum Gasteiger partial charge on any atom is 0.241 e. The number of aromatic amines is 1. The quantitative estimate of drug-likeness (QED) is 0.348. The first-order chi connectivity index (χ1) is 15.4. The van der Waals surface area contributed by atoms with Crippen LogP contribution in [0.2, 0.25) is 0 Å². The van der Waals surface area contributed by atoms with E-state index in [4.69, 9.17) is 0 Å². The Morgan fingerprint density at radius 3 is 2.31 bits per heavy atom. The number of carbonyl (C=O) groups is 1. The fourth-order valence-corrected chi connectivity index (χ4v) is 4.47. The van der Waals surface area contributed by atoms with Gasteiger partial charge in [-0.2, -0.15) is 0 Å². The Labute approximate surface area is 190 Å². The van der Waals surface area contributed by atoms with Crippen LogP contribution < -0.4 is 10.6 Å². The van der Waals surface area contributed by atoms with E-state index < -0.39 is 0 Å². The highest BCUT2D eigenvalue weighted by atomic mass is 16.2. The first-order valence-electron chi connectivity index (χ1n) is 11.2. The van der Waals surface area contributed by atoms with Crippen molar-refractivity contribution in [3.05, 3.63) is 101 Å². The molecule has 4 aromatic rings. The number of benzene rings is 3. The molecule has 0 radical (unpaired) electrons. The van der Waals surface area contributed by atoms with E-state index in [1.165, 1.54) is 22.1 Å². The Kier molecular flexibility index (Phi) is 6.42. The van der Waals surface area contributed by atoms with Crippen LogP contribution in [0.3, 0.4) is 0 Å². The van der Waals surface area contributed by atoms with Crippen LogP contribution in [-0.4, -0.2) is 23.5 Å². The molecule has 0 bridgehead atoms. The number of hydrogen-bond acceptors (Lipinski definition) is 2. The molecule has 164 valence electrons. The van der Waals surface area contributed by atoms with Gasteiger partial charge in [-0.05, 0) is 56.0 Å². The number of aromatic nitrogens is 1. The normalized spacial score (nSPS) is 13.1. The first-order valence-corrected chi connectivity index (χ1v) is 11.2. The van der Waals surface area contributed by atoms with Crippen molar-refractivity contribution < 1.29 is 4.79 Å². The number of fused-ring (bicyclic) bond motifs is 1. The predicted molar refractivity (Wildman–Crippen MR) is 133 cm³/mol. The Bertz CT molecular complexity index is 1200. The van der Waals surface area contributed by atoms with Crippen molar-refractivity contribution in [1.82, 2.24) is 10.3 Å². The van der Waals surface area contributed by atoms with Gasteiger partial charge < -0.3 is 15.6 Å². The molecular formula is C28H31N3O. The van der Waals surface area contributed by atoms with Crippen molar-refractivity contribution in [3.8, 4) is 0 Å². The molecule has 0 aliphatic heterocycles. The lowest BCUT2D eigenvalue weighted by Gasteiger charge is -2.22. The predicted octanol–water partition coefficient (Wildman–Crippen LogP) is 5.84. The minimum atomic E-state index is -0.327. The second-order valence-electron chi connectivity index (χ2n) is 8.65. The van der Waals surface area contributed by atoms with E-state index in [2.05, 4.69) is 83.3 Å². The minimum Gasteiger partial charge on any atom is -0.361 e. The first kappa shape index (κ1) is 21.8. The van der Waals surface area contributed by atoms with Gasteiger partial charge in [0.1, 0.15) is 0 Å². The van der Waals surface area contributed by atoms with Gasteiger partial charge in [0.2, 0.25) is 5.91 Å². The molecule has 2 atom stereocenters. The van der Waals surface area contributed by atoms with Gasteiger partial charge in [-0.3, -0.25) is 4.79 Å². The highest BCUT2D eigenvalue weighted by Crippen LogP contribution is 2.30. The summed E-state index contributed by atoms with van der Waals surface area (Å²) in [6.07, 6.45) is 2.09. The summed E-state index contributed by atoms with van der Waals surface area (Å²) >= 11 is 0. The largest absolute Gasteiger partial charge is 0.361 e. The third kappa shape index (κ3) is 4.61. The zero-order chi connectivity index (χ0) is 22.7. The van der Waals surface area contributed by atoms with Crippen molar-refractivity contribution in [1.29, 1.82) is 0 Å². The molecule has 0 aliphatic carbocycles. The summed E-state index contributed by atoms with van der Waals surface area (Å²) in [5, 5.41) is 7.82. The molecule has 0 saturated heterocycles. The summed E-state index contributed by atoms with van der Waals surface area (Å²) in [5.74, 6) is 0.108. The summed E-state index contributed by atoms with van der Waals surface area (Å²) in [6, 6.07) is 22.7. The monoisotopic (exact) mass is 425 g/mol. The van der Waals surface area contributed by atoms with Crippen LogP contribution in [0.4, 0.5) is 5.69 Å². The third-order valence-electron chi connectivity index (χ3n) is 6.15. The number of carbonyl (C=O) groups excluding carboxylic acids is 1. The fraction of sp³-hybridized carbons (Fsp3) is 0.250. The number of H-pyrrole nitrogens is 1. The fourth-order valence-electron chi connectivity index (χ4n) is 4.47. The standard InChI is InChI=1S/C28H31N3O/c1-18-14-19(2)27(20(3)15-18)31-28(32)21(4)29-16-24(22-10-6-5-7-11-22)25-17-30-26-13-9-8-12-23(25)26/h5-15,17,21,24,29-30H,16H2,1-4H3,(H,31,32)/t21-,24+/m1/s1. The van der Waals surface area contributed by atoms with Crippen LogP contribution in [0.1, 0.15) is 40.7 Å². The van der Waals surface area contributed by atoms with Gasteiger partial charge in [-0.15, -0.1) is 0 Å². The molecule has 0 fully saturated rings. The second kappa shape index (κ2) is 9.41. The molecule has 1 heterocycles. The zero-order valence-electron chi connectivity index (χ0n) is 19.2.